The number of hydrogen-bond donors (Lipinski definition) is 0. The van der Waals surface area contributed by atoms with Crippen molar-refractivity contribution in [3.63, 3.8) is 0 Å². The fourth-order valence-electron chi connectivity index (χ4n) is 3.40. The largest absolute Gasteiger partial charge is 0.343 e. The number of fused-ring (bicyclic) bond motifs is 1. The summed E-state index contributed by atoms with van der Waals surface area (Å²) in [6.45, 7) is 12.8. The number of amides is 1. The molecule has 0 saturated carbocycles. The summed E-state index contributed by atoms with van der Waals surface area (Å²) >= 11 is 1.42. The molecule has 0 bridgehead atoms. The summed E-state index contributed by atoms with van der Waals surface area (Å²) < 4.78 is 29.3. The van der Waals surface area contributed by atoms with E-state index in [0.29, 0.717) is 37.4 Å². The number of rotatable bonds is 12. The highest BCUT2D eigenvalue weighted by Crippen LogP contribution is 2.28. The Bertz CT molecular complexity index is 949. The van der Waals surface area contributed by atoms with E-state index in [1.807, 2.05) is 33.8 Å². The number of sulfonamides is 1. The van der Waals surface area contributed by atoms with Gasteiger partial charge in [0.2, 0.25) is 15.9 Å². The zero-order valence-corrected chi connectivity index (χ0v) is 20.4. The number of imidazole rings is 1. The van der Waals surface area contributed by atoms with Gasteiger partial charge in [-0.3, -0.25) is 4.79 Å². The molecule has 168 valence electrons. The average molecular weight is 455 g/mol. The Morgan fingerprint density at radius 1 is 1.07 bits per heavy atom. The maximum atomic E-state index is 12.9. The minimum Gasteiger partial charge on any atom is -0.343 e. The number of unbranched alkanes of at least 4 members (excludes halogenated alkanes) is 1. The Hall–Kier alpha value is -1.58. The summed E-state index contributed by atoms with van der Waals surface area (Å²) in [6.07, 6.45) is 2.03. The average Bonchev–Trinajstić information content (AvgIpc) is 3.08. The summed E-state index contributed by atoms with van der Waals surface area (Å²) in [5.41, 5.74) is 1.55. The fourth-order valence-corrected chi connectivity index (χ4v) is 5.82. The first-order valence-electron chi connectivity index (χ1n) is 10.7. The lowest BCUT2D eigenvalue weighted by molar-refractivity contribution is -0.127. The molecule has 1 amide bonds. The Kier molecular flexibility index (Phi) is 9.18. The predicted octanol–water partition coefficient (Wildman–Crippen LogP) is 3.83. The molecule has 2 aromatic rings. The van der Waals surface area contributed by atoms with Crippen molar-refractivity contribution in [2.24, 2.45) is 0 Å². The van der Waals surface area contributed by atoms with Crippen LogP contribution in [0.5, 0.6) is 0 Å². The number of carbonyl (C=O) groups excluding carboxylic acids is 1. The van der Waals surface area contributed by atoms with Gasteiger partial charge in [-0.05, 0) is 38.5 Å². The molecule has 30 heavy (non-hydrogen) atoms. The van der Waals surface area contributed by atoms with Crippen LogP contribution in [0.25, 0.3) is 11.0 Å². The van der Waals surface area contributed by atoms with Crippen LogP contribution in [-0.4, -0.2) is 65.0 Å². The second-order valence-electron chi connectivity index (χ2n) is 6.99. The van der Waals surface area contributed by atoms with Gasteiger partial charge < -0.3 is 9.47 Å². The molecule has 0 saturated heterocycles. The Balaban J connectivity index is 2.41. The molecule has 0 atom stereocenters. The van der Waals surface area contributed by atoms with Crippen LogP contribution in [-0.2, 0) is 21.4 Å². The van der Waals surface area contributed by atoms with Gasteiger partial charge >= 0.3 is 0 Å². The molecule has 0 aliphatic rings. The molecule has 0 N–H and O–H groups in total. The predicted molar refractivity (Wildman–Crippen MR) is 123 cm³/mol. The number of carbonyl (C=O) groups is 1. The van der Waals surface area contributed by atoms with Crippen molar-refractivity contribution in [3.05, 3.63) is 18.2 Å². The Morgan fingerprint density at radius 3 is 2.30 bits per heavy atom. The molecule has 0 radical (unpaired) electrons. The molecule has 0 aliphatic heterocycles. The van der Waals surface area contributed by atoms with E-state index in [0.717, 1.165) is 30.1 Å². The van der Waals surface area contributed by atoms with Gasteiger partial charge in [-0.1, -0.05) is 39.0 Å². The minimum atomic E-state index is -3.54. The van der Waals surface area contributed by atoms with E-state index in [1.165, 1.54) is 16.1 Å². The monoisotopic (exact) mass is 454 g/mol. The second-order valence-corrected chi connectivity index (χ2v) is 9.87. The van der Waals surface area contributed by atoms with Gasteiger partial charge in [-0.2, -0.15) is 4.31 Å². The van der Waals surface area contributed by atoms with Crippen LogP contribution in [0.2, 0.25) is 0 Å². The molecule has 2 rings (SSSR count). The zero-order valence-electron chi connectivity index (χ0n) is 18.7. The minimum absolute atomic E-state index is 0.0869. The van der Waals surface area contributed by atoms with Crippen LogP contribution >= 0.6 is 11.8 Å². The molecule has 1 aromatic heterocycles. The summed E-state index contributed by atoms with van der Waals surface area (Å²) in [6, 6.07) is 5.15. The van der Waals surface area contributed by atoms with Gasteiger partial charge in [-0.25, -0.2) is 13.4 Å². The van der Waals surface area contributed by atoms with Crippen LogP contribution in [0, 0.1) is 0 Å². The molecule has 0 aliphatic carbocycles. The number of thioether (sulfide) groups is 1. The summed E-state index contributed by atoms with van der Waals surface area (Å²) in [7, 11) is -3.54. The first-order chi connectivity index (χ1) is 14.3. The van der Waals surface area contributed by atoms with E-state index in [1.54, 1.807) is 17.0 Å². The zero-order chi connectivity index (χ0) is 22.3. The number of hydrogen-bond acceptors (Lipinski definition) is 5. The van der Waals surface area contributed by atoms with Crippen LogP contribution < -0.4 is 0 Å². The van der Waals surface area contributed by atoms with Crippen molar-refractivity contribution in [2.75, 3.05) is 31.9 Å². The lowest BCUT2D eigenvalue weighted by Crippen LogP contribution is -2.31. The lowest BCUT2D eigenvalue weighted by Gasteiger charge is -2.18. The summed E-state index contributed by atoms with van der Waals surface area (Å²) in [4.78, 5) is 19.2. The van der Waals surface area contributed by atoms with Gasteiger partial charge in [0.05, 0.1) is 21.7 Å². The number of aryl methyl sites for hydroxylation is 1. The third-order valence-corrected chi connectivity index (χ3v) is 8.21. The molecular weight excluding hydrogens is 420 g/mol. The van der Waals surface area contributed by atoms with E-state index < -0.39 is 10.0 Å². The first-order valence-corrected chi connectivity index (χ1v) is 13.2. The second kappa shape index (κ2) is 11.2. The molecule has 1 aromatic carbocycles. The summed E-state index contributed by atoms with van der Waals surface area (Å²) in [5.74, 6) is 0.408. The SMILES string of the molecule is CCCCn1c(SCC(=O)N(CC)CC)nc2cc(S(=O)(=O)N(CC)CC)ccc21. The third-order valence-electron chi connectivity index (χ3n) is 5.20. The van der Waals surface area contributed by atoms with E-state index in [-0.39, 0.29) is 10.8 Å². The number of benzene rings is 1. The van der Waals surface area contributed by atoms with Crippen LogP contribution in [0.3, 0.4) is 0 Å². The highest BCUT2D eigenvalue weighted by Gasteiger charge is 2.23. The van der Waals surface area contributed by atoms with Gasteiger partial charge in [0.25, 0.3) is 0 Å². The van der Waals surface area contributed by atoms with Gasteiger partial charge in [0.1, 0.15) is 0 Å². The topological polar surface area (TPSA) is 75.5 Å². The standard InChI is InChI=1S/C21H34N4O3S2/c1-6-11-14-25-19-13-12-17(30(27,28)24(9-4)10-5)15-18(19)22-21(25)29-16-20(26)23(7-2)8-3/h12-13,15H,6-11,14,16H2,1-5H3. The number of aromatic nitrogens is 2. The van der Waals surface area contributed by atoms with Crippen LogP contribution in [0.15, 0.2) is 28.3 Å². The van der Waals surface area contributed by atoms with E-state index >= 15 is 0 Å². The lowest BCUT2D eigenvalue weighted by atomic mass is 10.3. The van der Waals surface area contributed by atoms with Crippen molar-refractivity contribution in [3.8, 4) is 0 Å². The highest BCUT2D eigenvalue weighted by atomic mass is 32.2. The molecular formula is C21H34N4O3S2. The number of nitrogens with zero attached hydrogens (tertiary/aromatic N) is 4. The Labute approximate surface area is 184 Å². The van der Waals surface area contributed by atoms with Crippen molar-refractivity contribution < 1.29 is 13.2 Å². The maximum absolute atomic E-state index is 12.9. The highest BCUT2D eigenvalue weighted by molar-refractivity contribution is 7.99. The normalized spacial score (nSPS) is 12.1. The molecule has 7 nitrogen and oxygen atoms in total. The smallest absolute Gasteiger partial charge is 0.243 e. The van der Waals surface area contributed by atoms with Crippen molar-refractivity contribution >= 4 is 38.7 Å². The Morgan fingerprint density at radius 2 is 1.73 bits per heavy atom. The first kappa shape index (κ1) is 24.7. The van der Waals surface area contributed by atoms with E-state index in [4.69, 9.17) is 4.98 Å². The van der Waals surface area contributed by atoms with Crippen molar-refractivity contribution in [2.45, 2.75) is 64.1 Å². The van der Waals surface area contributed by atoms with Crippen molar-refractivity contribution in [1.82, 2.24) is 18.8 Å². The fraction of sp³-hybridized carbons (Fsp3) is 0.619. The third kappa shape index (κ3) is 5.36. The van der Waals surface area contributed by atoms with Crippen LogP contribution in [0.1, 0.15) is 47.5 Å². The van der Waals surface area contributed by atoms with Gasteiger partial charge in [-0.15, -0.1) is 0 Å². The molecule has 0 unspecified atom stereocenters. The van der Waals surface area contributed by atoms with E-state index in [9.17, 15) is 13.2 Å². The van der Waals surface area contributed by atoms with Gasteiger partial charge in [0, 0.05) is 32.7 Å². The van der Waals surface area contributed by atoms with Gasteiger partial charge in [0.15, 0.2) is 5.16 Å². The molecule has 0 fully saturated rings. The molecule has 9 heteroatoms. The quantitative estimate of drug-likeness (QED) is 0.456. The van der Waals surface area contributed by atoms with Crippen LogP contribution in [0.4, 0.5) is 0 Å². The molecule has 1 heterocycles. The van der Waals surface area contributed by atoms with Crippen molar-refractivity contribution in [1.29, 1.82) is 0 Å². The molecule has 0 spiro atoms. The van der Waals surface area contributed by atoms with E-state index in [2.05, 4.69) is 11.5 Å². The summed E-state index contributed by atoms with van der Waals surface area (Å²) in [5, 5.41) is 0.761. The maximum Gasteiger partial charge on any atom is 0.243 e.